The SMILES string of the molecule is CCCc1nc(N2CCN(C(=O)c3ccccc3C)CC2)c2c(C)nn(-c3ccc(F)cc3)c2n1. The van der Waals surface area contributed by atoms with Gasteiger partial charge in [0.2, 0.25) is 0 Å². The highest BCUT2D eigenvalue weighted by molar-refractivity contribution is 5.96. The Hall–Kier alpha value is -3.81. The zero-order chi connectivity index (χ0) is 24.5. The van der Waals surface area contributed by atoms with Crippen LogP contribution in [0.2, 0.25) is 0 Å². The summed E-state index contributed by atoms with van der Waals surface area (Å²) in [5.74, 6) is 1.40. The van der Waals surface area contributed by atoms with E-state index in [1.54, 1.807) is 16.8 Å². The van der Waals surface area contributed by atoms with Crippen LogP contribution in [0.4, 0.5) is 10.2 Å². The molecule has 0 unspecified atom stereocenters. The van der Waals surface area contributed by atoms with E-state index in [1.807, 2.05) is 43.0 Å². The maximum Gasteiger partial charge on any atom is 0.254 e. The molecule has 1 aliphatic rings. The molecule has 0 N–H and O–H groups in total. The minimum atomic E-state index is -0.290. The third-order valence-corrected chi connectivity index (χ3v) is 6.52. The molecule has 0 saturated carbocycles. The molecular formula is C27H29FN6O. The lowest BCUT2D eigenvalue weighted by Gasteiger charge is -2.36. The fourth-order valence-electron chi connectivity index (χ4n) is 4.64. The van der Waals surface area contributed by atoms with Crippen LogP contribution in [0.3, 0.4) is 0 Å². The number of benzene rings is 2. The topological polar surface area (TPSA) is 67.2 Å². The van der Waals surface area contributed by atoms with E-state index >= 15 is 0 Å². The van der Waals surface area contributed by atoms with Gasteiger partial charge < -0.3 is 9.80 Å². The number of hydrogen-bond acceptors (Lipinski definition) is 5. The van der Waals surface area contributed by atoms with E-state index in [0.29, 0.717) is 26.2 Å². The molecule has 0 bridgehead atoms. The number of aryl methyl sites for hydroxylation is 3. The van der Waals surface area contributed by atoms with Crippen molar-refractivity contribution in [1.29, 1.82) is 0 Å². The number of nitrogens with zero attached hydrogens (tertiary/aromatic N) is 6. The molecule has 1 amide bonds. The number of carbonyl (C=O) groups excluding carboxylic acids is 1. The Kier molecular flexibility index (Phi) is 6.19. The predicted octanol–water partition coefficient (Wildman–Crippen LogP) is 4.49. The van der Waals surface area contributed by atoms with Crippen molar-refractivity contribution < 1.29 is 9.18 Å². The van der Waals surface area contributed by atoms with Gasteiger partial charge in [0.25, 0.3) is 5.91 Å². The Bertz CT molecular complexity index is 1370. The van der Waals surface area contributed by atoms with Crippen LogP contribution in [0.1, 0.15) is 40.8 Å². The average molecular weight is 473 g/mol. The summed E-state index contributed by atoms with van der Waals surface area (Å²) in [6.45, 7) is 8.61. The molecular weight excluding hydrogens is 443 g/mol. The summed E-state index contributed by atoms with van der Waals surface area (Å²) in [4.78, 5) is 27.0. The van der Waals surface area contributed by atoms with Crippen LogP contribution >= 0.6 is 0 Å². The first-order valence-electron chi connectivity index (χ1n) is 12.1. The molecule has 0 atom stereocenters. The highest BCUT2D eigenvalue weighted by Gasteiger charge is 2.27. The molecule has 0 aliphatic carbocycles. The number of anilines is 1. The van der Waals surface area contributed by atoms with Gasteiger partial charge in [0, 0.05) is 38.2 Å². The molecule has 1 aliphatic heterocycles. The first-order valence-corrected chi connectivity index (χ1v) is 12.1. The number of aromatic nitrogens is 4. The molecule has 8 heteroatoms. The molecule has 5 rings (SSSR count). The van der Waals surface area contributed by atoms with Crippen LogP contribution in [-0.4, -0.2) is 56.7 Å². The lowest BCUT2D eigenvalue weighted by atomic mass is 10.1. The molecule has 2 aromatic carbocycles. The fraction of sp³-hybridized carbons (Fsp3) is 0.333. The zero-order valence-corrected chi connectivity index (χ0v) is 20.3. The molecule has 2 aromatic heterocycles. The van der Waals surface area contributed by atoms with Crippen LogP contribution in [0.25, 0.3) is 16.7 Å². The maximum absolute atomic E-state index is 13.5. The van der Waals surface area contributed by atoms with Gasteiger partial charge in [0.1, 0.15) is 17.5 Å². The quantitative estimate of drug-likeness (QED) is 0.428. The van der Waals surface area contributed by atoms with E-state index in [4.69, 9.17) is 15.1 Å². The number of piperazine rings is 1. The third-order valence-electron chi connectivity index (χ3n) is 6.52. The van der Waals surface area contributed by atoms with Gasteiger partial charge in [0.15, 0.2) is 5.65 Å². The molecule has 1 saturated heterocycles. The number of halogens is 1. The molecule has 0 radical (unpaired) electrons. The van der Waals surface area contributed by atoms with Gasteiger partial charge in [-0.05, 0) is 56.2 Å². The molecule has 180 valence electrons. The highest BCUT2D eigenvalue weighted by Crippen LogP contribution is 2.30. The normalized spacial score (nSPS) is 14.1. The van der Waals surface area contributed by atoms with Gasteiger partial charge in [0.05, 0.1) is 16.8 Å². The monoisotopic (exact) mass is 472 g/mol. The molecule has 4 aromatic rings. The van der Waals surface area contributed by atoms with Crippen molar-refractivity contribution in [3.05, 3.63) is 77.0 Å². The first kappa shape index (κ1) is 23.0. The average Bonchev–Trinajstić information content (AvgIpc) is 3.20. The number of fused-ring (bicyclic) bond motifs is 1. The number of carbonyl (C=O) groups is 1. The van der Waals surface area contributed by atoms with Gasteiger partial charge in [-0.2, -0.15) is 5.10 Å². The molecule has 3 heterocycles. The Balaban J connectivity index is 1.48. The number of rotatable bonds is 5. The van der Waals surface area contributed by atoms with Crippen molar-refractivity contribution in [3.63, 3.8) is 0 Å². The maximum atomic E-state index is 13.5. The van der Waals surface area contributed by atoms with Gasteiger partial charge >= 0.3 is 0 Å². The molecule has 35 heavy (non-hydrogen) atoms. The Morgan fingerprint density at radius 3 is 2.37 bits per heavy atom. The zero-order valence-electron chi connectivity index (χ0n) is 20.3. The highest BCUT2D eigenvalue weighted by atomic mass is 19.1. The van der Waals surface area contributed by atoms with E-state index in [0.717, 1.165) is 58.0 Å². The van der Waals surface area contributed by atoms with Gasteiger partial charge in [-0.25, -0.2) is 19.0 Å². The minimum absolute atomic E-state index is 0.0718. The minimum Gasteiger partial charge on any atom is -0.352 e. The fourth-order valence-corrected chi connectivity index (χ4v) is 4.64. The summed E-state index contributed by atoms with van der Waals surface area (Å²) in [6.07, 6.45) is 1.68. The Labute approximate surface area is 204 Å². The van der Waals surface area contributed by atoms with E-state index < -0.39 is 0 Å². The molecule has 0 spiro atoms. The van der Waals surface area contributed by atoms with Crippen molar-refractivity contribution in [3.8, 4) is 5.69 Å². The summed E-state index contributed by atoms with van der Waals surface area (Å²) >= 11 is 0. The van der Waals surface area contributed by atoms with Crippen LogP contribution in [0.5, 0.6) is 0 Å². The van der Waals surface area contributed by atoms with Crippen LogP contribution in [-0.2, 0) is 6.42 Å². The largest absolute Gasteiger partial charge is 0.352 e. The van der Waals surface area contributed by atoms with Crippen LogP contribution in [0, 0.1) is 19.7 Å². The van der Waals surface area contributed by atoms with Crippen molar-refractivity contribution in [2.24, 2.45) is 0 Å². The lowest BCUT2D eigenvalue weighted by Crippen LogP contribution is -2.49. The Morgan fingerprint density at radius 2 is 1.69 bits per heavy atom. The van der Waals surface area contributed by atoms with E-state index in [1.165, 1.54) is 12.1 Å². The second-order valence-corrected chi connectivity index (χ2v) is 8.98. The van der Waals surface area contributed by atoms with E-state index in [2.05, 4.69) is 11.8 Å². The lowest BCUT2D eigenvalue weighted by molar-refractivity contribution is 0.0746. The van der Waals surface area contributed by atoms with E-state index in [9.17, 15) is 9.18 Å². The number of hydrogen-bond donors (Lipinski definition) is 0. The van der Waals surface area contributed by atoms with Crippen LogP contribution in [0.15, 0.2) is 48.5 Å². The summed E-state index contributed by atoms with van der Waals surface area (Å²) < 4.78 is 15.3. The van der Waals surface area contributed by atoms with Crippen molar-refractivity contribution in [2.75, 3.05) is 31.1 Å². The Morgan fingerprint density at radius 1 is 0.971 bits per heavy atom. The smallest absolute Gasteiger partial charge is 0.254 e. The first-order chi connectivity index (χ1) is 17.0. The summed E-state index contributed by atoms with van der Waals surface area (Å²) in [6, 6.07) is 14.0. The summed E-state index contributed by atoms with van der Waals surface area (Å²) in [7, 11) is 0. The molecule has 1 fully saturated rings. The summed E-state index contributed by atoms with van der Waals surface area (Å²) in [5, 5.41) is 5.64. The summed E-state index contributed by atoms with van der Waals surface area (Å²) in [5.41, 5.74) is 4.05. The second kappa shape index (κ2) is 9.44. The second-order valence-electron chi connectivity index (χ2n) is 8.98. The van der Waals surface area contributed by atoms with Gasteiger partial charge in [-0.1, -0.05) is 25.1 Å². The van der Waals surface area contributed by atoms with Crippen molar-refractivity contribution in [2.45, 2.75) is 33.6 Å². The van der Waals surface area contributed by atoms with Crippen molar-refractivity contribution >= 4 is 22.8 Å². The predicted molar refractivity (Wildman–Crippen MR) is 135 cm³/mol. The van der Waals surface area contributed by atoms with Gasteiger partial charge in [-0.3, -0.25) is 4.79 Å². The van der Waals surface area contributed by atoms with Gasteiger partial charge in [-0.15, -0.1) is 0 Å². The number of amides is 1. The van der Waals surface area contributed by atoms with E-state index in [-0.39, 0.29) is 11.7 Å². The standard InChI is InChI=1S/C27H29FN6O/c1-4-7-23-29-25(24-19(3)31-34(26(24)30-23)21-12-10-20(28)11-13-21)32-14-16-33(17-15-32)27(35)22-9-6-5-8-18(22)2/h5-6,8-13H,4,7,14-17H2,1-3H3. The van der Waals surface area contributed by atoms with Crippen LogP contribution < -0.4 is 4.90 Å². The third kappa shape index (κ3) is 4.36. The van der Waals surface area contributed by atoms with Crippen molar-refractivity contribution in [1.82, 2.24) is 24.6 Å². The molecule has 7 nitrogen and oxygen atoms in total.